The van der Waals surface area contributed by atoms with E-state index in [0.29, 0.717) is 5.92 Å². The summed E-state index contributed by atoms with van der Waals surface area (Å²) in [4.78, 5) is 10.1. The van der Waals surface area contributed by atoms with Crippen LogP contribution in [-0.2, 0) is 4.99 Å². The maximum Gasteiger partial charge on any atom is 0.269 e. The van der Waals surface area contributed by atoms with Gasteiger partial charge in [0.1, 0.15) is 5.04 Å². The molecule has 5 aromatic rings. The second-order valence-corrected chi connectivity index (χ2v) is 12.1. The van der Waals surface area contributed by atoms with Gasteiger partial charge in [-0.05, 0) is 59.6 Å². The summed E-state index contributed by atoms with van der Waals surface area (Å²) in [5.74, 6) is 0.429. The highest BCUT2D eigenvalue weighted by atomic mass is 32.2. The van der Waals surface area contributed by atoms with Gasteiger partial charge in [0.25, 0.3) is 5.69 Å². The third-order valence-corrected chi connectivity index (χ3v) is 9.28. The van der Waals surface area contributed by atoms with Gasteiger partial charge in [0.2, 0.25) is 4.99 Å². The van der Waals surface area contributed by atoms with Crippen LogP contribution in [0.3, 0.4) is 0 Å². The Morgan fingerprint density at radius 2 is 1.23 bits per heavy atom. The molecule has 216 valence electrons. The Hall–Kier alpha value is -5.21. The summed E-state index contributed by atoms with van der Waals surface area (Å²) in [7, 11) is 0. The van der Waals surface area contributed by atoms with Gasteiger partial charge in [-0.3, -0.25) is 10.1 Å². The van der Waals surface area contributed by atoms with E-state index in [-0.39, 0.29) is 10.6 Å². The van der Waals surface area contributed by atoms with E-state index in [0.717, 1.165) is 44.4 Å². The second-order valence-electron chi connectivity index (χ2n) is 11.0. The molecule has 0 aliphatic carbocycles. The zero-order valence-corrected chi connectivity index (χ0v) is 25.1. The van der Waals surface area contributed by atoms with E-state index < -0.39 is 4.99 Å². The van der Waals surface area contributed by atoms with Crippen molar-refractivity contribution >= 4 is 39.6 Å². The Morgan fingerprint density at radius 1 is 0.682 bits per heavy atom. The molecule has 0 N–H and O–H groups in total. The Kier molecular flexibility index (Phi) is 6.98. The van der Waals surface area contributed by atoms with Crippen molar-refractivity contribution in [1.82, 2.24) is 0 Å². The lowest BCUT2D eigenvalue weighted by molar-refractivity contribution is -0.384. The number of thioether (sulfide) groups is 1. The van der Waals surface area contributed by atoms with Crippen molar-refractivity contribution in [3.05, 3.63) is 171 Å². The average Bonchev–Trinajstić information content (AvgIpc) is 3.47. The number of hydrogen-bond acceptors (Lipinski definition) is 7. The summed E-state index contributed by atoms with van der Waals surface area (Å²) in [6, 6.07) is 43.9. The standard InChI is InChI=1S/C36H29N5O2S/c1-25(2)26-17-19-27(20-18-26)34-32-15-9-10-16-33(32)36(39(37-34)29-11-5-3-6-12-29)40(30-13-7-4-8-14-30)38-35(44-36)28-21-23-31(24-22-28)41(42)43/h3-25H,1-2H3/t36-/m1/s1. The van der Waals surface area contributed by atoms with Crippen molar-refractivity contribution in [1.29, 1.82) is 0 Å². The lowest BCUT2D eigenvalue weighted by atomic mass is 9.92. The van der Waals surface area contributed by atoms with Crippen LogP contribution >= 0.6 is 11.8 Å². The number of nitro benzene ring substituents is 1. The van der Waals surface area contributed by atoms with Gasteiger partial charge in [0.05, 0.1) is 22.0 Å². The van der Waals surface area contributed by atoms with Crippen molar-refractivity contribution in [2.24, 2.45) is 10.2 Å². The van der Waals surface area contributed by atoms with E-state index in [1.807, 2.05) is 59.6 Å². The van der Waals surface area contributed by atoms with Crippen molar-refractivity contribution in [3.8, 4) is 0 Å². The molecule has 0 fully saturated rings. The molecule has 1 atom stereocenters. The fourth-order valence-corrected chi connectivity index (χ4v) is 7.05. The number of anilines is 2. The fourth-order valence-electron chi connectivity index (χ4n) is 5.65. The van der Waals surface area contributed by atoms with Crippen LogP contribution in [0.1, 0.15) is 47.6 Å². The molecular weight excluding hydrogens is 566 g/mol. The summed E-state index contributed by atoms with van der Waals surface area (Å²) in [5, 5.41) is 26.9. The summed E-state index contributed by atoms with van der Waals surface area (Å²) < 4.78 is 0. The average molecular weight is 596 g/mol. The maximum absolute atomic E-state index is 11.4. The number of nitrogens with zero attached hydrogens (tertiary/aromatic N) is 5. The summed E-state index contributed by atoms with van der Waals surface area (Å²) in [6.07, 6.45) is 0. The van der Waals surface area contributed by atoms with Crippen molar-refractivity contribution in [2.75, 3.05) is 10.0 Å². The summed E-state index contributed by atoms with van der Waals surface area (Å²) in [6.45, 7) is 4.39. The third kappa shape index (κ3) is 4.64. The van der Waals surface area contributed by atoms with Crippen LogP contribution in [0.15, 0.2) is 144 Å². The summed E-state index contributed by atoms with van der Waals surface area (Å²) in [5.41, 5.74) is 7.88. The number of fused-ring (bicyclic) bond motifs is 2. The molecule has 2 heterocycles. The predicted molar refractivity (Wildman–Crippen MR) is 179 cm³/mol. The van der Waals surface area contributed by atoms with Crippen LogP contribution in [-0.4, -0.2) is 15.7 Å². The molecule has 7 nitrogen and oxygen atoms in total. The first-order valence-electron chi connectivity index (χ1n) is 14.5. The Morgan fingerprint density at radius 3 is 1.82 bits per heavy atom. The monoisotopic (exact) mass is 595 g/mol. The first kappa shape index (κ1) is 27.6. The molecule has 0 radical (unpaired) electrons. The fraction of sp³-hybridized carbons (Fsp3) is 0.111. The van der Waals surface area contributed by atoms with E-state index in [4.69, 9.17) is 10.2 Å². The van der Waals surface area contributed by atoms with Gasteiger partial charge in [0, 0.05) is 34.4 Å². The second kappa shape index (κ2) is 11.1. The molecule has 7 rings (SSSR count). The van der Waals surface area contributed by atoms with E-state index in [2.05, 4.69) is 73.5 Å². The van der Waals surface area contributed by atoms with Crippen LogP contribution in [0.25, 0.3) is 0 Å². The molecule has 0 saturated carbocycles. The van der Waals surface area contributed by atoms with Crippen LogP contribution in [0.4, 0.5) is 17.1 Å². The molecule has 0 saturated heterocycles. The highest BCUT2D eigenvalue weighted by Gasteiger charge is 2.55. The molecule has 8 heteroatoms. The summed E-state index contributed by atoms with van der Waals surface area (Å²) >= 11 is 1.58. The molecule has 0 amide bonds. The van der Waals surface area contributed by atoms with E-state index in [9.17, 15) is 10.1 Å². The topological polar surface area (TPSA) is 74.3 Å². The van der Waals surface area contributed by atoms with Gasteiger partial charge in [-0.15, -0.1) is 0 Å². The van der Waals surface area contributed by atoms with E-state index in [1.54, 1.807) is 23.9 Å². The molecule has 2 aliphatic rings. The minimum absolute atomic E-state index is 0.0404. The van der Waals surface area contributed by atoms with Crippen LogP contribution < -0.4 is 10.0 Å². The van der Waals surface area contributed by atoms with Crippen molar-refractivity contribution in [2.45, 2.75) is 24.8 Å². The number of para-hydroxylation sites is 2. The molecule has 0 bridgehead atoms. The normalized spacial score (nSPS) is 17.4. The Balaban J connectivity index is 1.46. The lowest BCUT2D eigenvalue weighted by Gasteiger charge is -2.47. The number of benzene rings is 5. The highest BCUT2D eigenvalue weighted by molar-refractivity contribution is 8.15. The van der Waals surface area contributed by atoms with E-state index in [1.165, 1.54) is 17.7 Å². The minimum atomic E-state index is -0.933. The van der Waals surface area contributed by atoms with Gasteiger partial charge < -0.3 is 0 Å². The number of hydrogen-bond donors (Lipinski definition) is 0. The highest BCUT2D eigenvalue weighted by Crippen LogP contribution is 2.55. The predicted octanol–water partition coefficient (Wildman–Crippen LogP) is 8.72. The van der Waals surface area contributed by atoms with E-state index >= 15 is 0 Å². The number of non-ortho nitro benzene ring substituents is 1. The van der Waals surface area contributed by atoms with Crippen molar-refractivity contribution in [3.63, 3.8) is 0 Å². The molecule has 44 heavy (non-hydrogen) atoms. The lowest BCUT2D eigenvalue weighted by Crippen LogP contribution is -2.54. The van der Waals surface area contributed by atoms with Gasteiger partial charge in [0.15, 0.2) is 0 Å². The molecule has 1 spiro atoms. The number of hydrazone groups is 2. The largest absolute Gasteiger partial charge is 0.269 e. The first-order chi connectivity index (χ1) is 21.5. The number of rotatable bonds is 6. The smallest absolute Gasteiger partial charge is 0.258 e. The zero-order valence-electron chi connectivity index (χ0n) is 24.2. The quantitative estimate of drug-likeness (QED) is 0.145. The van der Waals surface area contributed by atoms with Crippen LogP contribution in [0.2, 0.25) is 0 Å². The minimum Gasteiger partial charge on any atom is -0.258 e. The molecule has 2 aliphatic heterocycles. The van der Waals surface area contributed by atoms with Crippen LogP contribution in [0, 0.1) is 10.1 Å². The van der Waals surface area contributed by atoms with Crippen LogP contribution in [0.5, 0.6) is 0 Å². The van der Waals surface area contributed by atoms with Gasteiger partial charge in [-0.25, -0.2) is 10.0 Å². The molecule has 5 aromatic carbocycles. The zero-order chi connectivity index (χ0) is 30.3. The molecule has 0 unspecified atom stereocenters. The van der Waals surface area contributed by atoms with Gasteiger partial charge >= 0.3 is 0 Å². The Bertz CT molecular complexity index is 1890. The van der Waals surface area contributed by atoms with Gasteiger partial charge in [-0.1, -0.05) is 98.8 Å². The Labute approximate surface area is 260 Å². The SMILES string of the molecule is CC(C)c1ccc(C2=NN(c3ccccc3)[C@]3(SC(c4ccc([N+](=O)[O-])cc4)=NN3c3ccccc3)c3ccccc32)cc1. The van der Waals surface area contributed by atoms with Gasteiger partial charge in [-0.2, -0.15) is 10.2 Å². The maximum atomic E-state index is 11.4. The van der Waals surface area contributed by atoms with Crippen molar-refractivity contribution < 1.29 is 4.92 Å². The molecular formula is C36H29N5O2S. The molecule has 0 aromatic heterocycles. The third-order valence-electron chi connectivity index (χ3n) is 7.91. The number of nitro groups is 1. The first-order valence-corrected chi connectivity index (χ1v) is 15.3.